The molecular formula is C9H15NO6S. The van der Waals surface area contributed by atoms with Gasteiger partial charge in [0.1, 0.15) is 6.04 Å². The molecule has 2 saturated heterocycles. The van der Waals surface area contributed by atoms with Crippen LogP contribution in [-0.2, 0) is 14.6 Å². The summed E-state index contributed by atoms with van der Waals surface area (Å²) in [5, 5.41) is 28.1. The second-order valence-corrected chi connectivity index (χ2v) is 6.81. The van der Waals surface area contributed by atoms with Crippen molar-refractivity contribution < 1.29 is 28.5 Å². The molecule has 2 aliphatic rings. The fraction of sp³-hybridized carbons (Fsp3) is 0.889. The summed E-state index contributed by atoms with van der Waals surface area (Å²) < 4.78 is 22.7. The maximum absolute atomic E-state index is 11.4. The number of rotatable bonds is 2. The Morgan fingerprint density at radius 1 is 1.24 bits per heavy atom. The average Bonchev–Trinajstić information content (AvgIpc) is 2.66. The number of carboxylic acid groups (broad SMARTS) is 1. The summed E-state index contributed by atoms with van der Waals surface area (Å²) in [6.07, 6.45) is -1.79. The molecule has 2 aliphatic heterocycles. The van der Waals surface area contributed by atoms with Crippen LogP contribution in [-0.4, -0.2) is 76.9 Å². The van der Waals surface area contributed by atoms with Gasteiger partial charge >= 0.3 is 5.97 Å². The number of carbonyl (C=O) groups is 1. The van der Waals surface area contributed by atoms with E-state index in [0.717, 1.165) is 0 Å². The van der Waals surface area contributed by atoms with Crippen LogP contribution < -0.4 is 0 Å². The fourth-order valence-corrected chi connectivity index (χ4v) is 4.39. The summed E-state index contributed by atoms with van der Waals surface area (Å²) in [5.41, 5.74) is 0. The molecule has 0 aliphatic carbocycles. The third kappa shape index (κ3) is 2.44. The number of aliphatic hydroxyl groups is 2. The standard InChI is InChI=1S/C9H15NO6S/c11-5-1-6(9(13)14)10(2-5)7-3-17(15,16)4-8(7)12/h5-8,11-12H,1-4H2,(H,13,14). The van der Waals surface area contributed by atoms with Gasteiger partial charge in [0.25, 0.3) is 0 Å². The van der Waals surface area contributed by atoms with Gasteiger partial charge in [0.2, 0.25) is 0 Å². The molecule has 4 unspecified atom stereocenters. The van der Waals surface area contributed by atoms with Crippen molar-refractivity contribution in [3.63, 3.8) is 0 Å². The summed E-state index contributed by atoms with van der Waals surface area (Å²) in [6, 6.07) is -1.64. The minimum Gasteiger partial charge on any atom is -0.480 e. The average molecular weight is 265 g/mol. The number of sulfone groups is 1. The predicted octanol–water partition coefficient (Wildman–Crippen LogP) is -2.34. The van der Waals surface area contributed by atoms with E-state index in [1.165, 1.54) is 4.90 Å². The van der Waals surface area contributed by atoms with Gasteiger partial charge in [-0.15, -0.1) is 0 Å². The van der Waals surface area contributed by atoms with Crippen LogP contribution in [0.25, 0.3) is 0 Å². The maximum atomic E-state index is 11.4. The number of nitrogens with zero attached hydrogens (tertiary/aromatic N) is 1. The molecule has 2 fully saturated rings. The minimum absolute atomic E-state index is 0.0681. The zero-order valence-electron chi connectivity index (χ0n) is 9.06. The highest BCUT2D eigenvalue weighted by atomic mass is 32.2. The fourth-order valence-electron chi connectivity index (χ4n) is 2.57. The summed E-state index contributed by atoms with van der Waals surface area (Å²) in [4.78, 5) is 12.4. The number of likely N-dealkylation sites (tertiary alicyclic amines) is 1. The molecule has 2 rings (SSSR count). The number of carboxylic acids is 1. The van der Waals surface area contributed by atoms with Crippen molar-refractivity contribution in [1.82, 2.24) is 4.90 Å². The van der Waals surface area contributed by atoms with Crippen LogP contribution in [0.1, 0.15) is 6.42 Å². The van der Waals surface area contributed by atoms with E-state index in [1.807, 2.05) is 0 Å². The lowest BCUT2D eigenvalue weighted by atomic mass is 10.1. The molecule has 8 heteroatoms. The van der Waals surface area contributed by atoms with E-state index in [9.17, 15) is 23.4 Å². The Kier molecular flexibility index (Phi) is 3.15. The van der Waals surface area contributed by atoms with Crippen LogP contribution in [0.15, 0.2) is 0 Å². The van der Waals surface area contributed by atoms with Crippen molar-refractivity contribution in [3.8, 4) is 0 Å². The van der Waals surface area contributed by atoms with E-state index in [-0.39, 0.29) is 24.5 Å². The molecule has 0 amide bonds. The van der Waals surface area contributed by atoms with Crippen LogP contribution in [0.3, 0.4) is 0 Å². The van der Waals surface area contributed by atoms with Gasteiger partial charge in [-0.2, -0.15) is 0 Å². The lowest BCUT2D eigenvalue weighted by Crippen LogP contribution is -2.48. The molecule has 0 aromatic carbocycles. The molecule has 0 aromatic rings. The number of hydrogen-bond acceptors (Lipinski definition) is 6. The quantitative estimate of drug-likeness (QED) is 0.512. The summed E-state index contributed by atoms with van der Waals surface area (Å²) >= 11 is 0. The highest BCUT2D eigenvalue weighted by Gasteiger charge is 2.47. The van der Waals surface area contributed by atoms with Gasteiger partial charge in [-0.25, -0.2) is 8.42 Å². The molecule has 0 aromatic heterocycles. The Bertz CT molecular complexity index is 421. The first-order valence-electron chi connectivity index (χ1n) is 5.35. The van der Waals surface area contributed by atoms with E-state index < -0.39 is 40.1 Å². The van der Waals surface area contributed by atoms with E-state index in [2.05, 4.69) is 0 Å². The van der Waals surface area contributed by atoms with Crippen molar-refractivity contribution in [3.05, 3.63) is 0 Å². The van der Waals surface area contributed by atoms with Gasteiger partial charge in [0, 0.05) is 13.0 Å². The molecule has 0 saturated carbocycles. The highest BCUT2D eigenvalue weighted by molar-refractivity contribution is 7.91. The molecule has 4 atom stereocenters. The maximum Gasteiger partial charge on any atom is 0.321 e. The van der Waals surface area contributed by atoms with Crippen LogP contribution in [0.5, 0.6) is 0 Å². The molecule has 7 nitrogen and oxygen atoms in total. The van der Waals surface area contributed by atoms with Crippen LogP contribution in [0.4, 0.5) is 0 Å². The van der Waals surface area contributed by atoms with Gasteiger partial charge in [-0.1, -0.05) is 0 Å². The van der Waals surface area contributed by atoms with Crippen molar-refractivity contribution in [1.29, 1.82) is 0 Å². The number of aliphatic carboxylic acids is 1. The van der Waals surface area contributed by atoms with Crippen molar-refractivity contribution in [2.45, 2.75) is 30.7 Å². The van der Waals surface area contributed by atoms with Crippen LogP contribution in [0, 0.1) is 0 Å². The van der Waals surface area contributed by atoms with Crippen LogP contribution in [0.2, 0.25) is 0 Å². The van der Waals surface area contributed by atoms with E-state index >= 15 is 0 Å². The van der Waals surface area contributed by atoms with E-state index in [4.69, 9.17) is 5.11 Å². The normalized spacial score (nSPS) is 41.8. The molecule has 98 valence electrons. The third-order valence-corrected chi connectivity index (χ3v) is 5.02. The Balaban J connectivity index is 2.19. The van der Waals surface area contributed by atoms with E-state index in [1.54, 1.807) is 0 Å². The lowest BCUT2D eigenvalue weighted by Gasteiger charge is -2.28. The first-order valence-corrected chi connectivity index (χ1v) is 7.17. The van der Waals surface area contributed by atoms with Gasteiger partial charge in [0.05, 0.1) is 29.8 Å². The first-order chi connectivity index (χ1) is 7.80. The molecule has 2 heterocycles. The monoisotopic (exact) mass is 265 g/mol. The second-order valence-electron chi connectivity index (χ2n) is 4.65. The number of β-amino-alcohol motifs (C(OH)–C–C–N with tert-alkyl or cyclic N) is 1. The lowest BCUT2D eigenvalue weighted by molar-refractivity contribution is -0.143. The van der Waals surface area contributed by atoms with Crippen LogP contribution >= 0.6 is 0 Å². The molecule has 3 N–H and O–H groups in total. The van der Waals surface area contributed by atoms with Gasteiger partial charge in [-0.05, 0) is 0 Å². The highest BCUT2D eigenvalue weighted by Crippen LogP contribution is 2.27. The Morgan fingerprint density at radius 3 is 2.35 bits per heavy atom. The largest absolute Gasteiger partial charge is 0.480 e. The predicted molar refractivity (Wildman–Crippen MR) is 57.2 cm³/mol. The Morgan fingerprint density at radius 2 is 1.88 bits per heavy atom. The smallest absolute Gasteiger partial charge is 0.321 e. The van der Waals surface area contributed by atoms with Gasteiger partial charge in [0.15, 0.2) is 9.84 Å². The summed E-state index contributed by atoms with van der Waals surface area (Å²) in [7, 11) is -3.31. The van der Waals surface area contributed by atoms with Gasteiger partial charge < -0.3 is 15.3 Å². The summed E-state index contributed by atoms with van der Waals surface area (Å²) in [5.74, 6) is -1.68. The minimum atomic E-state index is -3.31. The molecule has 0 bridgehead atoms. The first kappa shape index (κ1) is 12.7. The van der Waals surface area contributed by atoms with E-state index in [0.29, 0.717) is 0 Å². The second kappa shape index (κ2) is 4.20. The number of hydrogen-bond donors (Lipinski definition) is 3. The molecule has 0 spiro atoms. The molecule has 0 radical (unpaired) electrons. The Labute approximate surface area is 98.6 Å². The number of aliphatic hydroxyl groups excluding tert-OH is 2. The molecular weight excluding hydrogens is 250 g/mol. The third-order valence-electron chi connectivity index (χ3n) is 3.32. The molecule has 17 heavy (non-hydrogen) atoms. The Hall–Kier alpha value is -0.700. The van der Waals surface area contributed by atoms with Gasteiger partial charge in [-0.3, -0.25) is 9.69 Å². The zero-order valence-corrected chi connectivity index (χ0v) is 9.88. The zero-order chi connectivity index (χ0) is 12.8. The van der Waals surface area contributed by atoms with Crippen molar-refractivity contribution >= 4 is 15.8 Å². The van der Waals surface area contributed by atoms with Crippen molar-refractivity contribution in [2.75, 3.05) is 18.1 Å². The topological polar surface area (TPSA) is 115 Å². The van der Waals surface area contributed by atoms with Crippen molar-refractivity contribution in [2.24, 2.45) is 0 Å². The SMILES string of the molecule is O=C(O)C1CC(O)CN1C1CS(=O)(=O)CC1O. The summed E-state index contributed by atoms with van der Waals surface area (Å²) in [6.45, 7) is 0.0915.